The Hall–Kier alpha value is -1.75. The Kier molecular flexibility index (Phi) is 3.09. The van der Waals surface area contributed by atoms with Gasteiger partial charge in [0.15, 0.2) is 0 Å². The highest BCUT2D eigenvalue weighted by Gasteiger charge is 2.33. The van der Waals surface area contributed by atoms with Crippen LogP contribution in [0.25, 0.3) is 0 Å². The molecule has 0 N–H and O–H groups in total. The lowest BCUT2D eigenvalue weighted by molar-refractivity contribution is -0.137. The summed E-state index contributed by atoms with van der Waals surface area (Å²) in [5.41, 5.74) is 0.473. The Morgan fingerprint density at radius 2 is 1.70 bits per heavy atom. The molecule has 0 aromatic heterocycles. The zero-order valence-electron chi connectivity index (χ0n) is 10.1. The summed E-state index contributed by atoms with van der Waals surface area (Å²) in [4.78, 5) is 13.0. The van der Waals surface area contributed by atoms with Crippen LogP contribution in [-0.2, 0) is 11.0 Å². The van der Waals surface area contributed by atoms with E-state index < -0.39 is 17.7 Å². The second kappa shape index (κ2) is 4.66. The topological polar surface area (TPSA) is 17.1 Å². The quantitative estimate of drug-likeness (QED) is 0.720. The van der Waals surface area contributed by atoms with Crippen LogP contribution in [0.3, 0.4) is 0 Å². The Morgan fingerprint density at radius 3 is 2.40 bits per heavy atom. The minimum absolute atomic E-state index is 0.429. The second-order valence-corrected chi connectivity index (χ2v) is 5.59. The van der Waals surface area contributed by atoms with Crippen molar-refractivity contribution in [3.8, 4) is 0 Å². The third-order valence-electron chi connectivity index (χ3n) is 3.28. The third kappa shape index (κ3) is 2.12. The third-order valence-corrected chi connectivity index (χ3v) is 4.47. The molecule has 1 atom stereocenters. The molecule has 0 amide bonds. The Labute approximate surface area is 117 Å². The average Bonchev–Trinajstić information content (AvgIpc) is 2.43. The van der Waals surface area contributed by atoms with E-state index in [2.05, 4.69) is 0 Å². The number of carbonyl (C=O) groups excluding carboxylic acids is 1. The summed E-state index contributed by atoms with van der Waals surface area (Å²) in [6.07, 6.45) is -3.69. The molecule has 1 heterocycles. The van der Waals surface area contributed by atoms with Crippen molar-refractivity contribution in [1.29, 1.82) is 0 Å². The maximum Gasteiger partial charge on any atom is 0.416 e. The van der Waals surface area contributed by atoms with Gasteiger partial charge in [-0.05, 0) is 35.4 Å². The lowest BCUT2D eigenvalue weighted by Crippen LogP contribution is -2.12. The Morgan fingerprint density at radius 1 is 1.00 bits per heavy atom. The van der Waals surface area contributed by atoms with E-state index in [9.17, 15) is 18.0 Å². The zero-order valence-corrected chi connectivity index (χ0v) is 11.0. The van der Waals surface area contributed by atoms with Crippen molar-refractivity contribution >= 4 is 18.0 Å². The molecular weight excluding hydrogens is 285 g/mol. The first kappa shape index (κ1) is 13.2. The summed E-state index contributed by atoms with van der Waals surface area (Å²) in [5, 5.41) is 0. The molecule has 20 heavy (non-hydrogen) atoms. The van der Waals surface area contributed by atoms with Crippen LogP contribution in [0.2, 0.25) is 0 Å². The molecule has 2 aromatic rings. The van der Waals surface area contributed by atoms with Crippen molar-refractivity contribution in [1.82, 2.24) is 0 Å². The molecule has 1 aliphatic rings. The molecule has 0 saturated carbocycles. The highest BCUT2D eigenvalue weighted by atomic mass is 32.2. The van der Waals surface area contributed by atoms with Crippen LogP contribution >= 0.6 is 11.8 Å². The van der Waals surface area contributed by atoms with Gasteiger partial charge in [-0.3, -0.25) is 0 Å². The average molecular weight is 294 g/mol. The second-order valence-electron chi connectivity index (χ2n) is 4.50. The van der Waals surface area contributed by atoms with Gasteiger partial charge in [-0.2, -0.15) is 13.2 Å². The van der Waals surface area contributed by atoms with Crippen molar-refractivity contribution in [2.75, 3.05) is 0 Å². The zero-order chi connectivity index (χ0) is 14.3. The molecule has 0 spiro atoms. The van der Waals surface area contributed by atoms with Crippen molar-refractivity contribution in [3.05, 3.63) is 59.2 Å². The fraction of sp³-hybridized carbons (Fsp3) is 0.133. The predicted octanol–water partition coefficient (Wildman–Crippen LogP) is 4.50. The van der Waals surface area contributed by atoms with Gasteiger partial charge in [0.1, 0.15) is 6.29 Å². The van der Waals surface area contributed by atoms with Crippen molar-refractivity contribution in [3.63, 3.8) is 0 Å². The van der Waals surface area contributed by atoms with Gasteiger partial charge in [-0.1, -0.05) is 30.0 Å². The van der Waals surface area contributed by atoms with Crippen LogP contribution in [0.4, 0.5) is 13.2 Å². The van der Waals surface area contributed by atoms with E-state index in [1.807, 2.05) is 12.1 Å². The molecule has 0 saturated heterocycles. The van der Waals surface area contributed by atoms with E-state index in [1.54, 1.807) is 12.1 Å². The van der Waals surface area contributed by atoms with Gasteiger partial charge in [-0.15, -0.1) is 0 Å². The minimum atomic E-state index is -4.40. The number of benzene rings is 2. The van der Waals surface area contributed by atoms with Gasteiger partial charge in [0.05, 0.1) is 11.5 Å². The number of hydrogen-bond donors (Lipinski definition) is 0. The molecule has 3 rings (SSSR count). The van der Waals surface area contributed by atoms with E-state index in [4.69, 9.17) is 0 Å². The summed E-state index contributed by atoms with van der Waals surface area (Å²) in [7, 11) is 0. The molecule has 0 fully saturated rings. The number of rotatable bonds is 1. The lowest BCUT2D eigenvalue weighted by Gasteiger charge is -2.25. The molecule has 0 radical (unpaired) electrons. The van der Waals surface area contributed by atoms with Gasteiger partial charge in [0.25, 0.3) is 0 Å². The van der Waals surface area contributed by atoms with Crippen LogP contribution in [0, 0.1) is 0 Å². The van der Waals surface area contributed by atoms with E-state index in [-0.39, 0.29) is 0 Å². The molecule has 2 aromatic carbocycles. The van der Waals surface area contributed by atoms with Crippen molar-refractivity contribution in [2.45, 2.75) is 21.9 Å². The molecule has 0 aliphatic carbocycles. The lowest BCUT2D eigenvalue weighted by atomic mass is 9.91. The highest BCUT2D eigenvalue weighted by molar-refractivity contribution is 7.99. The maximum absolute atomic E-state index is 12.8. The van der Waals surface area contributed by atoms with Gasteiger partial charge in [0.2, 0.25) is 0 Å². The van der Waals surface area contributed by atoms with Crippen LogP contribution < -0.4 is 0 Å². The van der Waals surface area contributed by atoms with E-state index in [1.165, 1.54) is 17.8 Å². The Balaban J connectivity index is 2.16. The molecular formula is C15H9F3OS. The van der Waals surface area contributed by atoms with Crippen LogP contribution in [0.5, 0.6) is 0 Å². The first-order chi connectivity index (χ1) is 9.50. The summed E-state index contributed by atoms with van der Waals surface area (Å²) >= 11 is 1.39. The number of halogens is 3. The number of fused-ring (bicyclic) bond motifs is 2. The highest BCUT2D eigenvalue weighted by Crippen LogP contribution is 2.46. The minimum Gasteiger partial charge on any atom is -0.302 e. The smallest absolute Gasteiger partial charge is 0.302 e. The first-order valence-corrected chi connectivity index (χ1v) is 6.75. The molecule has 102 valence electrons. The number of hydrogen-bond acceptors (Lipinski definition) is 2. The fourth-order valence-corrected chi connectivity index (χ4v) is 3.46. The normalized spacial score (nSPS) is 17.2. The molecule has 5 heteroatoms. The molecule has 1 aliphatic heterocycles. The number of carbonyl (C=O) groups is 1. The largest absolute Gasteiger partial charge is 0.416 e. The van der Waals surface area contributed by atoms with Crippen molar-refractivity contribution < 1.29 is 18.0 Å². The van der Waals surface area contributed by atoms with Crippen molar-refractivity contribution in [2.24, 2.45) is 0 Å². The standard InChI is InChI=1S/C15H9F3OS/c16-15(17,18)9-5-6-14-11(7-9)12(8-19)10-3-1-2-4-13(10)20-14/h1-8,12H. The van der Waals surface area contributed by atoms with Gasteiger partial charge in [0, 0.05) is 9.79 Å². The number of alkyl halides is 3. The molecule has 1 unspecified atom stereocenters. The maximum atomic E-state index is 12.8. The van der Waals surface area contributed by atoms with E-state index in [0.717, 1.165) is 22.6 Å². The first-order valence-electron chi connectivity index (χ1n) is 5.94. The van der Waals surface area contributed by atoms with Crippen LogP contribution in [-0.4, -0.2) is 6.29 Å². The van der Waals surface area contributed by atoms with E-state index >= 15 is 0 Å². The summed E-state index contributed by atoms with van der Waals surface area (Å²) in [5.74, 6) is -0.634. The Bertz CT molecular complexity index is 679. The number of aldehydes is 1. The van der Waals surface area contributed by atoms with Crippen LogP contribution in [0.15, 0.2) is 52.3 Å². The summed E-state index contributed by atoms with van der Waals surface area (Å²) in [6, 6.07) is 10.9. The monoisotopic (exact) mass is 294 g/mol. The van der Waals surface area contributed by atoms with Gasteiger partial charge < -0.3 is 4.79 Å². The van der Waals surface area contributed by atoms with E-state index in [0.29, 0.717) is 16.7 Å². The van der Waals surface area contributed by atoms with Gasteiger partial charge >= 0.3 is 6.18 Å². The predicted molar refractivity (Wildman–Crippen MR) is 69.9 cm³/mol. The molecule has 1 nitrogen and oxygen atoms in total. The molecule has 0 bridgehead atoms. The fourth-order valence-electron chi connectivity index (χ4n) is 2.32. The summed E-state index contributed by atoms with van der Waals surface area (Å²) in [6.45, 7) is 0. The summed E-state index contributed by atoms with van der Waals surface area (Å²) < 4.78 is 38.4. The van der Waals surface area contributed by atoms with Gasteiger partial charge in [-0.25, -0.2) is 0 Å². The SMILES string of the molecule is O=CC1c2ccccc2Sc2ccc(C(F)(F)F)cc21. The van der Waals surface area contributed by atoms with Crippen LogP contribution in [0.1, 0.15) is 22.6 Å².